The van der Waals surface area contributed by atoms with Gasteiger partial charge in [0.1, 0.15) is 0 Å². The molecule has 2 aliphatic rings. The van der Waals surface area contributed by atoms with Crippen molar-refractivity contribution in [3.05, 3.63) is 0 Å². The van der Waals surface area contributed by atoms with E-state index in [-0.39, 0.29) is 18.7 Å². The van der Waals surface area contributed by atoms with Gasteiger partial charge in [0, 0.05) is 38.3 Å². The molecule has 2 N–H and O–H groups in total. The van der Waals surface area contributed by atoms with Crippen molar-refractivity contribution in [2.45, 2.75) is 38.3 Å². The maximum atomic E-state index is 12.5. The Labute approximate surface area is 127 Å². The number of piperidine rings is 1. The first kappa shape index (κ1) is 17.1. The summed E-state index contributed by atoms with van der Waals surface area (Å²) in [7, 11) is -3.53. The number of nitrogens with zero attached hydrogens (tertiary/aromatic N) is 2. The number of morpholine rings is 1. The van der Waals surface area contributed by atoms with Gasteiger partial charge in [-0.3, -0.25) is 4.90 Å². The third-order valence-corrected chi connectivity index (χ3v) is 5.88. The monoisotopic (exact) mass is 321 g/mol. The third kappa shape index (κ3) is 4.87. The lowest BCUT2D eigenvalue weighted by molar-refractivity contribution is 0.0352. The number of hydrogen-bond donors (Lipinski definition) is 2. The molecular weight excluding hydrogens is 294 g/mol. The number of ether oxygens (including phenoxy) is 1. The molecule has 0 aromatic carbocycles. The van der Waals surface area contributed by atoms with Crippen LogP contribution in [0.3, 0.4) is 0 Å². The lowest BCUT2D eigenvalue weighted by Crippen LogP contribution is -2.54. The van der Waals surface area contributed by atoms with Crippen molar-refractivity contribution < 1.29 is 18.3 Å². The van der Waals surface area contributed by atoms with Gasteiger partial charge in [0.05, 0.1) is 19.8 Å². The van der Waals surface area contributed by atoms with Crippen molar-refractivity contribution in [3.8, 4) is 0 Å². The van der Waals surface area contributed by atoms with Crippen molar-refractivity contribution >= 4 is 10.2 Å². The number of hydrogen-bond acceptors (Lipinski definition) is 5. The maximum absolute atomic E-state index is 12.5. The average Bonchev–Trinajstić information content (AvgIpc) is 2.47. The highest BCUT2D eigenvalue weighted by atomic mass is 32.2. The van der Waals surface area contributed by atoms with Gasteiger partial charge in [-0.05, 0) is 19.8 Å². The Morgan fingerprint density at radius 3 is 2.67 bits per heavy atom. The minimum Gasteiger partial charge on any atom is -0.395 e. The van der Waals surface area contributed by atoms with Crippen LogP contribution in [0.25, 0.3) is 0 Å². The van der Waals surface area contributed by atoms with Gasteiger partial charge in [-0.25, -0.2) is 0 Å². The summed E-state index contributed by atoms with van der Waals surface area (Å²) in [5.74, 6) is 0. The zero-order chi connectivity index (χ0) is 15.3. The van der Waals surface area contributed by atoms with Crippen LogP contribution in [0.1, 0.15) is 26.2 Å². The van der Waals surface area contributed by atoms with E-state index in [1.807, 2.05) is 6.92 Å². The van der Waals surface area contributed by atoms with Crippen LogP contribution in [0.4, 0.5) is 0 Å². The SMILES string of the molecule is CC(CN1CCOCC1)NS(=O)(=O)N1CCCCC1CO. The molecule has 0 spiro atoms. The fourth-order valence-corrected chi connectivity index (χ4v) is 4.66. The zero-order valence-electron chi connectivity index (χ0n) is 12.7. The molecule has 2 fully saturated rings. The standard InChI is InChI=1S/C13H27N3O4S/c1-12(10-15-6-8-20-9-7-15)14-21(18,19)16-5-3-2-4-13(16)11-17/h12-14,17H,2-11H2,1H3. The topological polar surface area (TPSA) is 82.1 Å². The van der Waals surface area contributed by atoms with Crippen molar-refractivity contribution in [2.24, 2.45) is 0 Å². The molecule has 124 valence electrons. The number of aliphatic hydroxyl groups excluding tert-OH is 1. The van der Waals surface area contributed by atoms with Crippen molar-refractivity contribution in [3.63, 3.8) is 0 Å². The minimum atomic E-state index is -3.53. The summed E-state index contributed by atoms with van der Waals surface area (Å²) in [5, 5.41) is 9.36. The first-order valence-electron chi connectivity index (χ1n) is 7.73. The predicted molar refractivity (Wildman–Crippen MR) is 80.2 cm³/mol. The Balaban J connectivity index is 1.89. The van der Waals surface area contributed by atoms with E-state index in [1.165, 1.54) is 4.31 Å². The first-order valence-corrected chi connectivity index (χ1v) is 9.17. The zero-order valence-corrected chi connectivity index (χ0v) is 13.5. The number of aliphatic hydroxyl groups is 1. The lowest BCUT2D eigenvalue weighted by atomic mass is 10.1. The van der Waals surface area contributed by atoms with E-state index in [9.17, 15) is 13.5 Å². The normalized spacial score (nSPS) is 27.6. The maximum Gasteiger partial charge on any atom is 0.280 e. The van der Waals surface area contributed by atoms with Gasteiger partial charge in [0.15, 0.2) is 0 Å². The Morgan fingerprint density at radius 2 is 2.00 bits per heavy atom. The van der Waals surface area contributed by atoms with Crippen LogP contribution < -0.4 is 4.72 Å². The molecule has 0 aliphatic carbocycles. The minimum absolute atomic E-state index is 0.112. The summed E-state index contributed by atoms with van der Waals surface area (Å²) < 4.78 is 34.4. The lowest BCUT2D eigenvalue weighted by Gasteiger charge is -2.35. The Kier molecular flexibility index (Phi) is 6.39. The molecule has 0 amide bonds. The van der Waals surface area contributed by atoms with E-state index in [4.69, 9.17) is 4.74 Å². The van der Waals surface area contributed by atoms with Crippen molar-refractivity contribution in [1.82, 2.24) is 13.9 Å². The molecule has 2 saturated heterocycles. The summed E-state index contributed by atoms with van der Waals surface area (Å²) in [4.78, 5) is 2.20. The molecule has 2 heterocycles. The second-order valence-corrected chi connectivity index (χ2v) is 7.53. The van der Waals surface area contributed by atoms with Crippen molar-refractivity contribution in [1.29, 1.82) is 0 Å². The highest BCUT2D eigenvalue weighted by molar-refractivity contribution is 7.87. The molecule has 21 heavy (non-hydrogen) atoms. The van der Waals surface area contributed by atoms with Gasteiger partial charge < -0.3 is 9.84 Å². The molecule has 0 bridgehead atoms. The molecule has 0 aromatic rings. The summed E-state index contributed by atoms with van der Waals surface area (Å²) in [6.07, 6.45) is 2.56. The van der Waals surface area contributed by atoms with Gasteiger partial charge >= 0.3 is 0 Å². The molecule has 2 aliphatic heterocycles. The predicted octanol–water partition coefficient (Wildman–Crippen LogP) is -0.612. The van der Waals surface area contributed by atoms with Crippen LogP contribution in [0.15, 0.2) is 0 Å². The summed E-state index contributed by atoms with van der Waals surface area (Å²) in [5.41, 5.74) is 0. The number of rotatable bonds is 6. The molecule has 2 unspecified atom stereocenters. The quantitative estimate of drug-likeness (QED) is 0.682. The molecule has 7 nitrogen and oxygen atoms in total. The van der Waals surface area contributed by atoms with E-state index >= 15 is 0 Å². The molecule has 0 saturated carbocycles. The number of nitrogens with one attached hydrogen (secondary N) is 1. The third-order valence-electron chi connectivity index (χ3n) is 4.08. The van der Waals surface area contributed by atoms with Crippen molar-refractivity contribution in [2.75, 3.05) is 46.0 Å². The molecule has 2 atom stereocenters. The molecule has 8 heteroatoms. The van der Waals surface area contributed by atoms with Crippen LogP contribution >= 0.6 is 0 Å². The highest BCUT2D eigenvalue weighted by Gasteiger charge is 2.32. The molecular formula is C13H27N3O4S. The van der Waals surface area contributed by atoms with E-state index in [0.717, 1.165) is 32.4 Å². The molecule has 0 radical (unpaired) electrons. The van der Waals surface area contributed by atoms with Crippen LogP contribution in [-0.4, -0.2) is 80.8 Å². The van der Waals surface area contributed by atoms with Gasteiger partial charge in [-0.1, -0.05) is 6.42 Å². The van der Waals surface area contributed by atoms with E-state index in [2.05, 4.69) is 9.62 Å². The van der Waals surface area contributed by atoms with Crippen LogP contribution in [0, 0.1) is 0 Å². The van der Waals surface area contributed by atoms with Crippen LogP contribution in [-0.2, 0) is 14.9 Å². The summed E-state index contributed by atoms with van der Waals surface area (Å²) in [6.45, 7) is 6.04. The Bertz CT molecular complexity index is 412. The summed E-state index contributed by atoms with van der Waals surface area (Å²) >= 11 is 0. The second kappa shape index (κ2) is 7.85. The van der Waals surface area contributed by atoms with Gasteiger partial charge in [-0.2, -0.15) is 17.4 Å². The average molecular weight is 321 g/mol. The first-order chi connectivity index (χ1) is 10.0. The van der Waals surface area contributed by atoms with Gasteiger partial charge in [0.2, 0.25) is 0 Å². The second-order valence-electron chi connectivity index (χ2n) is 5.88. The van der Waals surface area contributed by atoms with Gasteiger partial charge in [-0.15, -0.1) is 0 Å². The molecule has 2 rings (SSSR count). The Morgan fingerprint density at radius 1 is 1.29 bits per heavy atom. The smallest absolute Gasteiger partial charge is 0.280 e. The largest absolute Gasteiger partial charge is 0.395 e. The van der Waals surface area contributed by atoms with Gasteiger partial charge in [0.25, 0.3) is 10.2 Å². The fourth-order valence-electron chi connectivity index (χ4n) is 3.00. The fraction of sp³-hybridized carbons (Fsp3) is 1.00. The Hall–Kier alpha value is -0.250. The van der Waals surface area contributed by atoms with E-state index in [1.54, 1.807) is 0 Å². The van der Waals surface area contributed by atoms with E-state index < -0.39 is 10.2 Å². The molecule has 0 aromatic heterocycles. The van der Waals surface area contributed by atoms with E-state index in [0.29, 0.717) is 26.3 Å². The van der Waals surface area contributed by atoms with Crippen LogP contribution in [0.5, 0.6) is 0 Å². The summed E-state index contributed by atoms with van der Waals surface area (Å²) in [6, 6.07) is -0.443. The highest BCUT2D eigenvalue weighted by Crippen LogP contribution is 2.19. The van der Waals surface area contributed by atoms with Crippen LogP contribution in [0.2, 0.25) is 0 Å².